The highest BCUT2D eigenvalue weighted by Crippen LogP contribution is 2.34. The Balaban J connectivity index is 1.38. The molecule has 39 heavy (non-hydrogen) atoms. The van der Waals surface area contributed by atoms with Crippen LogP contribution in [-0.2, 0) is 0 Å². The number of aromatic amines is 2. The Morgan fingerprint density at radius 3 is 2.69 bits per heavy atom. The lowest BCUT2D eigenvalue weighted by Crippen LogP contribution is -2.20. The second kappa shape index (κ2) is 9.80. The molecule has 0 saturated carbocycles. The molecule has 0 aliphatic carbocycles. The molecule has 5 N–H and O–H groups in total. The van der Waals surface area contributed by atoms with E-state index in [9.17, 15) is 14.6 Å². The zero-order valence-electron chi connectivity index (χ0n) is 21.3. The molecule has 0 aliphatic rings. The number of halogens is 1. The molecule has 0 fully saturated rings. The number of nitrogens with one attached hydrogen (secondary N) is 3. The Kier molecular flexibility index (Phi) is 6.16. The van der Waals surface area contributed by atoms with E-state index >= 15 is 0 Å². The predicted molar refractivity (Wildman–Crippen MR) is 148 cm³/mol. The average molecular weight is 524 g/mol. The maximum atomic E-state index is 14.0. The van der Waals surface area contributed by atoms with Crippen molar-refractivity contribution in [1.82, 2.24) is 30.1 Å². The van der Waals surface area contributed by atoms with Gasteiger partial charge in [-0.2, -0.15) is 5.10 Å². The van der Waals surface area contributed by atoms with Crippen molar-refractivity contribution in [3.05, 3.63) is 72.9 Å². The molecule has 1 unspecified atom stereocenters. The van der Waals surface area contributed by atoms with Crippen molar-refractivity contribution in [3.63, 3.8) is 0 Å². The number of fused-ring (bicyclic) bond motifs is 2. The molecular weight excluding hydrogens is 497 g/mol. The number of phenols is 1. The minimum Gasteiger partial charge on any atom is -0.508 e. The van der Waals surface area contributed by atoms with Crippen LogP contribution in [-0.4, -0.2) is 46.6 Å². The van der Waals surface area contributed by atoms with E-state index < -0.39 is 12.0 Å². The van der Waals surface area contributed by atoms with Crippen LogP contribution < -0.4 is 5.32 Å². The summed E-state index contributed by atoms with van der Waals surface area (Å²) >= 11 is 0. The van der Waals surface area contributed by atoms with E-state index in [4.69, 9.17) is 4.98 Å². The molecule has 4 aromatic heterocycles. The minimum atomic E-state index is -0.659. The number of rotatable bonds is 7. The molecule has 10 heteroatoms. The summed E-state index contributed by atoms with van der Waals surface area (Å²) in [6, 6.07) is 13.5. The number of nitrogens with zero attached hydrogens (tertiary/aromatic N) is 4. The number of aromatic nitrogens is 6. The van der Waals surface area contributed by atoms with E-state index in [-0.39, 0.29) is 5.75 Å². The molecule has 0 amide bonds. The number of hydrogen-bond donors (Lipinski definition) is 5. The fraction of sp³-hybridized carbons (Fsp3) is 0.172. The smallest absolute Gasteiger partial charge is 0.160 e. The summed E-state index contributed by atoms with van der Waals surface area (Å²) < 4.78 is 14.0. The highest BCUT2D eigenvalue weighted by Gasteiger charge is 2.17. The Morgan fingerprint density at radius 1 is 1.00 bits per heavy atom. The molecule has 6 aromatic rings. The summed E-state index contributed by atoms with van der Waals surface area (Å²) in [5.74, 6) is 0.148. The van der Waals surface area contributed by atoms with Crippen LogP contribution in [0.25, 0.3) is 55.8 Å². The third kappa shape index (κ3) is 4.89. The number of aromatic hydroxyl groups is 1. The molecule has 0 radical (unpaired) electrons. The van der Waals surface area contributed by atoms with Gasteiger partial charge >= 0.3 is 0 Å². The summed E-state index contributed by atoms with van der Waals surface area (Å²) in [6.45, 7) is 4.12. The van der Waals surface area contributed by atoms with Gasteiger partial charge in [-0.15, -0.1) is 0 Å². The Bertz CT molecular complexity index is 1790. The van der Waals surface area contributed by atoms with Crippen molar-refractivity contribution in [2.45, 2.75) is 26.5 Å². The molecule has 196 valence electrons. The molecule has 6 rings (SSSR count). The Hall–Kier alpha value is -4.83. The first-order valence-corrected chi connectivity index (χ1v) is 12.6. The van der Waals surface area contributed by atoms with Crippen molar-refractivity contribution in [2.24, 2.45) is 5.92 Å². The number of aliphatic hydroxyl groups excluding tert-OH is 1. The van der Waals surface area contributed by atoms with Crippen LogP contribution in [0.4, 0.5) is 10.1 Å². The largest absolute Gasteiger partial charge is 0.508 e. The molecule has 0 spiro atoms. The Labute approximate surface area is 222 Å². The third-order valence-corrected chi connectivity index (χ3v) is 6.46. The van der Waals surface area contributed by atoms with Gasteiger partial charge in [0.05, 0.1) is 17.4 Å². The number of pyridine rings is 2. The summed E-state index contributed by atoms with van der Waals surface area (Å²) in [5, 5.41) is 31.7. The fourth-order valence-corrected chi connectivity index (χ4v) is 4.73. The topological polar surface area (TPSA) is 136 Å². The fourth-order valence-electron chi connectivity index (χ4n) is 4.73. The highest BCUT2D eigenvalue weighted by atomic mass is 19.1. The minimum absolute atomic E-state index is 0.167. The van der Waals surface area contributed by atoms with Crippen LogP contribution >= 0.6 is 0 Å². The Morgan fingerprint density at radius 2 is 1.87 bits per heavy atom. The lowest BCUT2D eigenvalue weighted by molar-refractivity contribution is 0.176. The second-order valence-corrected chi connectivity index (χ2v) is 9.92. The van der Waals surface area contributed by atoms with Gasteiger partial charge in [-0.3, -0.25) is 10.1 Å². The van der Waals surface area contributed by atoms with Gasteiger partial charge in [0.1, 0.15) is 29.0 Å². The van der Waals surface area contributed by atoms with Gasteiger partial charge in [0.25, 0.3) is 0 Å². The number of phenolic OH excluding ortho intramolecular Hbond substituents is 1. The maximum absolute atomic E-state index is 14.0. The normalized spacial score (nSPS) is 12.4. The van der Waals surface area contributed by atoms with Crippen molar-refractivity contribution >= 4 is 27.8 Å². The van der Waals surface area contributed by atoms with E-state index in [1.165, 1.54) is 12.1 Å². The number of benzene rings is 2. The number of imidazole rings is 1. The van der Waals surface area contributed by atoms with E-state index in [1.54, 1.807) is 24.7 Å². The third-order valence-electron chi connectivity index (χ3n) is 6.46. The summed E-state index contributed by atoms with van der Waals surface area (Å²) in [6.07, 6.45) is 5.03. The standard InChI is InChI=1S/C29H26FN7O2/c1-15(2)7-25(39)33-20-9-18(13-31-14-20)16-3-4-24-23(11-16)27(37-36-24)29-34-26-22(5-6-32-28(26)35-29)17-8-19(30)12-21(38)10-17/h3-6,8-15,25,33,38-39H,7H2,1-2H3,(H,36,37)(H,32,34,35). The van der Waals surface area contributed by atoms with Crippen LogP contribution in [0.1, 0.15) is 20.3 Å². The lowest BCUT2D eigenvalue weighted by atomic mass is 10.0. The van der Waals surface area contributed by atoms with Crippen molar-refractivity contribution in [3.8, 4) is 39.5 Å². The first-order chi connectivity index (χ1) is 18.8. The molecule has 0 saturated heterocycles. The number of anilines is 1. The molecule has 0 bridgehead atoms. The van der Waals surface area contributed by atoms with Gasteiger partial charge in [0, 0.05) is 35.0 Å². The van der Waals surface area contributed by atoms with E-state index in [2.05, 4.69) is 44.3 Å². The molecule has 2 aromatic carbocycles. The van der Waals surface area contributed by atoms with Gasteiger partial charge < -0.3 is 20.5 Å². The summed E-state index contributed by atoms with van der Waals surface area (Å²) in [5.41, 5.74) is 6.13. The first kappa shape index (κ1) is 24.5. The van der Waals surface area contributed by atoms with E-state index in [1.807, 2.05) is 24.3 Å². The van der Waals surface area contributed by atoms with Gasteiger partial charge in [-0.1, -0.05) is 19.9 Å². The zero-order chi connectivity index (χ0) is 27.1. The molecule has 9 nitrogen and oxygen atoms in total. The van der Waals surface area contributed by atoms with Gasteiger partial charge in [-0.25, -0.2) is 14.4 Å². The average Bonchev–Trinajstić information content (AvgIpc) is 3.51. The van der Waals surface area contributed by atoms with Crippen molar-refractivity contribution < 1.29 is 14.6 Å². The van der Waals surface area contributed by atoms with Crippen LogP contribution in [0.5, 0.6) is 5.75 Å². The van der Waals surface area contributed by atoms with Gasteiger partial charge in [0.2, 0.25) is 0 Å². The molecule has 1 atom stereocenters. The van der Waals surface area contributed by atoms with E-state index in [0.29, 0.717) is 46.1 Å². The van der Waals surface area contributed by atoms with Crippen molar-refractivity contribution in [2.75, 3.05) is 5.32 Å². The quantitative estimate of drug-likeness (QED) is 0.166. The van der Waals surface area contributed by atoms with Crippen molar-refractivity contribution in [1.29, 1.82) is 0 Å². The van der Waals surface area contributed by atoms with Crippen LogP contribution in [0, 0.1) is 11.7 Å². The number of hydrogen-bond acceptors (Lipinski definition) is 7. The maximum Gasteiger partial charge on any atom is 0.160 e. The monoisotopic (exact) mass is 523 g/mol. The summed E-state index contributed by atoms with van der Waals surface area (Å²) in [7, 11) is 0. The van der Waals surface area contributed by atoms with Crippen LogP contribution in [0.15, 0.2) is 67.1 Å². The lowest BCUT2D eigenvalue weighted by Gasteiger charge is -2.16. The van der Waals surface area contributed by atoms with Crippen LogP contribution in [0.2, 0.25) is 0 Å². The highest BCUT2D eigenvalue weighted by molar-refractivity contribution is 5.97. The SMILES string of the molecule is CC(C)CC(O)Nc1cncc(-c2ccc3[nH]nc(-c4nc5c(-c6cc(O)cc(F)c6)ccnc5[nH]4)c3c2)c1. The van der Waals surface area contributed by atoms with Gasteiger partial charge in [-0.05, 0) is 59.9 Å². The molecule has 0 aliphatic heterocycles. The molecular formula is C29H26FN7O2. The van der Waals surface area contributed by atoms with Gasteiger partial charge in [0.15, 0.2) is 11.5 Å². The number of H-pyrrole nitrogens is 2. The van der Waals surface area contributed by atoms with Crippen LogP contribution in [0.3, 0.4) is 0 Å². The second-order valence-electron chi connectivity index (χ2n) is 9.92. The predicted octanol–water partition coefficient (Wildman–Crippen LogP) is 5.85. The number of aliphatic hydroxyl groups is 1. The first-order valence-electron chi connectivity index (χ1n) is 12.6. The van der Waals surface area contributed by atoms with E-state index in [0.717, 1.165) is 33.8 Å². The zero-order valence-corrected chi connectivity index (χ0v) is 21.3. The summed E-state index contributed by atoms with van der Waals surface area (Å²) in [4.78, 5) is 16.7. The molecule has 4 heterocycles.